The third kappa shape index (κ3) is 3.51. The fraction of sp³-hybridized carbons (Fsp3) is 0.522. The number of aryl methyl sites for hydroxylation is 3. The predicted octanol–water partition coefficient (Wildman–Crippen LogP) is 3.71. The van der Waals surface area contributed by atoms with E-state index in [0.717, 1.165) is 16.7 Å². The van der Waals surface area contributed by atoms with Crippen LogP contribution < -0.4 is 0 Å². The summed E-state index contributed by atoms with van der Waals surface area (Å²) in [6, 6.07) is 6.02. The number of ether oxygens (including phenoxy) is 2. The smallest absolute Gasteiger partial charge is 0.331 e. The van der Waals surface area contributed by atoms with E-state index in [1.54, 1.807) is 20.8 Å². The Morgan fingerprint density at radius 2 is 1.77 bits per heavy atom. The summed E-state index contributed by atoms with van der Waals surface area (Å²) in [6.45, 7) is 11.0. The van der Waals surface area contributed by atoms with Crippen molar-refractivity contribution in [2.24, 2.45) is 5.41 Å². The van der Waals surface area contributed by atoms with Crippen molar-refractivity contribution in [3.63, 3.8) is 0 Å². The number of benzene rings is 1. The van der Waals surface area contributed by atoms with Gasteiger partial charge in [-0.1, -0.05) is 17.7 Å². The molecule has 1 amide bonds. The molecule has 30 heavy (non-hydrogen) atoms. The maximum Gasteiger partial charge on any atom is 0.331 e. The highest BCUT2D eigenvalue weighted by Gasteiger charge is 2.56. The van der Waals surface area contributed by atoms with E-state index in [1.165, 1.54) is 12.2 Å². The summed E-state index contributed by atoms with van der Waals surface area (Å²) < 4.78 is 11.0. The van der Waals surface area contributed by atoms with Crippen molar-refractivity contribution in [3.8, 4) is 6.07 Å². The van der Waals surface area contributed by atoms with E-state index in [0.29, 0.717) is 18.4 Å². The second-order valence-electron chi connectivity index (χ2n) is 8.63. The molecule has 1 heterocycles. The summed E-state index contributed by atoms with van der Waals surface area (Å²) in [5, 5.41) is 10.6. The Balaban J connectivity index is 2.17. The van der Waals surface area contributed by atoms with E-state index in [-0.39, 0.29) is 11.3 Å². The lowest BCUT2D eigenvalue weighted by molar-refractivity contribution is -0.276. The molecular formula is C23H28N2O5. The molecule has 1 aromatic rings. The summed E-state index contributed by atoms with van der Waals surface area (Å²) in [6.07, 6.45) is 0.240. The number of nitrogens with zero attached hydrogens (tertiary/aromatic N) is 2. The van der Waals surface area contributed by atoms with Gasteiger partial charge < -0.3 is 9.47 Å². The van der Waals surface area contributed by atoms with E-state index >= 15 is 0 Å². The normalized spacial score (nSPS) is 20.2. The van der Waals surface area contributed by atoms with Gasteiger partial charge in [0.25, 0.3) is 5.91 Å². The van der Waals surface area contributed by atoms with E-state index in [2.05, 4.69) is 6.07 Å². The highest BCUT2D eigenvalue weighted by Crippen LogP contribution is 2.49. The molecule has 0 N–H and O–H groups in total. The van der Waals surface area contributed by atoms with Crippen molar-refractivity contribution in [2.75, 3.05) is 7.11 Å². The topological polar surface area (TPSA) is 88.9 Å². The van der Waals surface area contributed by atoms with Gasteiger partial charge in [-0.05, 0) is 71.1 Å². The van der Waals surface area contributed by atoms with Crippen molar-refractivity contribution in [1.82, 2.24) is 5.06 Å². The second-order valence-corrected chi connectivity index (χ2v) is 8.63. The van der Waals surface area contributed by atoms with E-state index in [4.69, 9.17) is 14.3 Å². The number of rotatable bonds is 6. The molecule has 2 aliphatic rings. The molecule has 160 valence electrons. The number of carbonyl (C=O) groups excluding carboxylic acids is 2. The molecule has 0 spiro atoms. The van der Waals surface area contributed by atoms with Gasteiger partial charge in [0.2, 0.25) is 0 Å². The van der Waals surface area contributed by atoms with Gasteiger partial charge in [0.1, 0.15) is 11.3 Å². The molecule has 0 bridgehead atoms. The van der Waals surface area contributed by atoms with Crippen LogP contribution in [0.2, 0.25) is 0 Å². The first-order valence-corrected chi connectivity index (χ1v) is 9.99. The number of amides is 1. The van der Waals surface area contributed by atoms with Crippen LogP contribution in [0.3, 0.4) is 0 Å². The minimum absolute atomic E-state index is 0.192. The summed E-state index contributed by atoms with van der Waals surface area (Å²) in [7, 11) is 1.48. The molecule has 1 fully saturated rings. The van der Waals surface area contributed by atoms with Gasteiger partial charge in [0, 0.05) is 7.11 Å². The quantitative estimate of drug-likeness (QED) is 0.523. The molecule has 1 aromatic carbocycles. The van der Waals surface area contributed by atoms with E-state index < -0.39 is 29.1 Å². The summed E-state index contributed by atoms with van der Waals surface area (Å²) >= 11 is 0. The van der Waals surface area contributed by atoms with Gasteiger partial charge in [0.15, 0.2) is 11.7 Å². The van der Waals surface area contributed by atoms with E-state index in [9.17, 15) is 14.9 Å². The second kappa shape index (κ2) is 7.53. The zero-order valence-corrected chi connectivity index (χ0v) is 18.6. The Hall–Kier alpha value is -2.69. The molecule has 0 aromatic heterocycles. The average molecular weight is 412 g/mol. The van der Waals surface area contributed by atoms with Crippen LogP contribution in [0.5, 0.6) is 0 Å². The van der Waals surface area contributed by atoms with Crippen molar-refractivity contribution in [2.45, 2.75) is 66.2 Å². The lowest BCUT2D eigenvalue weighted by atomic mass is 9.91. The molecule has 0 radical (unpaired) electrons. The first kappa shape index (κ1) is 22.0. The Bertz CT molecular complexity index is 959. The van der Waals surface area contributed by atoms with Gasteiger partial charge in [-0.3, -0.25) is 4.79 Å². The third-order valence-electron chi connectivity index (χ3n) is 5.75. The molecule has 1 unspecified atom stereocenters. The Labute approximate surface area is 177 Å². The van der Waals surface area contributed by atoms with Crippen LogP contribution in [0, 0.1) is 37.5 Å². The first-order valence-electron chi connectivity index (χ1n) is 9.99. The third-order valence-corrected chi connectivity index (χ3v) is 5.75. The first-order chi connectivity index (χ1) is 14.0. The molecule has 1 aliphatic heterocycles. The average Bonchev–Trinajstić information content (AvgIpc) is 3.44. The van der Waals surface area contributed by atoms with Crippen molar-refractivity contribution < 1.29 is 23.9 Å². The van der Waals surface area contributed by atoms with Crippen LogP contribution in [0.1, 0.15) is 55.9 Å². The maximum atomic E-state index is 13.5. The van der Waals surface area contributed by atoms with Gasteiger partial charge in [-0.15, -0.1) is 0 Å². The number of hydrogen-bond donors (Lipinski definition) is 0. The zero-order valence-electron chi connectivity index (χ0n) is 18.6. The van der Waals surface area contributed by atoms with Gasteiger partial charge in [-0.2, -0.15) is 5.26 Å². The molecule has 0 saturated heterocycles. The lowest BCUT2D eigenvalue weighted by Gasteiger charge is -2.33. The number of nitriles is 1. The maximum absolute atomic E-state index is 13.5. The van der Waals surface area contributed by atoms with Gasteiger partial charge in [0.05, 0.1) is 11.6 Å². The highest BCUT2D eigenvalue weighted by atomic mass is 16.8. The monoisotopic (exact) mass is 412 g/mol. The SMILES string of the molecule is COC(C)ON1C(=O)C(c2c(C)cc(C)cc2C)=C(OC(=O)C2(C#N)CC2)C1(C)C. The summed E-state index contributed by atoms with van der Waals surface area (Å²) in [4.78, 5) is 32.1. The van der Waals surface area contributed by atoms with Crippen LogP contribution in [-0.2, 0) is 23.9 Å². The Kier molecular flexibility index (Phi) is 5.52. The molecular weight excluding hydrogens is 384 g/mol. The number of methoxy groups -OCH3 is 1. The number of hydroxylamine groups is 2. The lowest BCUT2D eigenvalue weighted by Crippen LogP contribution is -2.46. The molecule has 1 atom stereocenters. The van der Waals surface area contributed by atoms with Crippen molar-refractivity contribution >= 4 is 17.4 Å². The number of hydrogen-bond acceptors (Lipinski definition) is 6. The van der Waals surface area contributed by atoms with Crippen LogP contribution in [0.25, 0.3) is 5.57 Å². The minimum Gasteiger partial charge on any atom is -0.426 e. The highest BCUT2D eigenvalue weighted by molar-refractivity contribution is 6.23. The number of carbonyl (C=O) groups is 2. The largest absolute Gasteiger partial charge is 0.426 e. The summed E-state index contributed by atoms with van der Waals surface area (Å²) in [5.41, 5.74) is 1.64. The Morgan fingerprint density at radius 3 is 2.23 bits per heavy atom. The van der Waals surface area contributed by atoms with Crippen molar-refractivity contribution in [1.29, 1.82) is 5.26 Å². The van der Waals surface area contributed by atoms with E-state index in [1.807, 2.05) is 32.9 Å². The van der Waals surface area contributed by atoms with Crippen LogP contribution in [-0.4, -0.2) is 35.9 Å². The zero-order chi connectivity index (χ0) is 22.4. The molecule has 7 nitrogen and oxygen atoms in total. The molecule has 1 saturated carbocycles. The minimum atomic E-state index is -1.12. The molecule has 1 aliphatic carbocycles. The number of esters is 1. The van der Waals surface area contributed by atoms with Gasteiger partial charge in [-0.25, -0.2) is 14.7 Å². The fourth-order valence-corrected chi connectivity index (χ4v) is 3.87. The van der Waals surface area contributed by atoms with Crippen molar-refractivity contribution in [3.05, 3.63) is 40.1 Å². The Morgan fingerprint density at radius 1 is 1.20 bits per heavy atom. The standard InChI is InChI=1S/C23H28N2O5/c1-13-10-14(2)17(15(3)11-13)18-19(29-21(27)23(12-24)8-9-23)22(5,6)25(20(18)26)30-16(4)28-7/h10-11,16H,8-9H2,1-7H3. The van der Waals surface area contributed by atoms with Crippen LogP contribution >= 0.6 is 0 Å². The fourth-order valence-electron chi connectivity index (χ4n) is 3.87. The summed E-state index contributed by atoms with van der Waals surface area (Å²) in [5.74, 6) is -0.844. The van der Waals surface area contributed by atoms with Gasteiger partial charge >= 0.3 is 5.97 Å². The predicted molar refractivity (Wildman–Crippen MR) is 109 cm³/mol. The van der Waals surface area contributed by atoms with Crippen LogP contribution in [0.15, 0.2) is 17.9 Å². The molecule has 3 rings (SSSR count). The molecule has 7 heteroatoms. The van der Waals surface area contributed by atoms with Crippen LogP contribution in [0.4, 0.5) is 0 Å².